The van der Waals surface area contributed by atoms with Crippen LogP contribution in [-0.4, -0.2) is 4.98 Å². The van der Waals surface area contributed by atoms with Gasteiger partial charge in [0.1, 0.15) is 12.1 Å². The van der Waals surface area contributed by atoms with Crippen molar-refractivity contribution in [3.63, 3.8) is 0 Å². The Morgan fingerprint density at radius 3 is 2.58 bits per heavy atom. The van der Waals surface area contributed by atoms with Crippen LogP contribution in [0.15, 0.2) is 65.3 Å². The first kappa shape index (κ1) is 16.4. The number of aromatic nitrogens is 1. The molecule has 3 rings (SSSR count). The summed E-state index contributed by atoms with van der Waals surface area (Å²) in [7, 11) is 0. The molecule has 0 fully saturated rings. The number of hydrogen-bond acceptors (Lipinski definition) is 3. The van der Waals surface area contributed by atoms with Gasteiger partial charge < -0.3 is 9.73 Å². The predicted octanol–water partition coefficient (Wildman–Crippen LogP) is 4.97. The van der Waals surface area contributed by atoms with E-state index in [1.54, 1.807) is 18.4 Å². The SMILES string of the molecule is CC(C)C(NCc1coc(-c2cccc(F)c2)n1)c1ccccc1. The lowest BCUT2D eigenvalue weighted by atomic mass is 9.96. The van der Waals surface area contributed by atoms with E-state index < -0.39 is 0 Å². The molecule has 0 spiro atoms. The number of nitrogens with zero attached hydrogens (tertiary/aromatic N) is 1. The van der Waals surface area contributed by atoms with Crippen molar-refractivity contribution in [2.24, 2.45) is 5.92 Å². The molecular formula is C20H21FN2O. The second kappa shape index (κ2) is 7.41. The molecule has 124 valence electrons. The molecule has 0 saturated heterocycles. The molecule has 1 atom stereocenters. The minimum atomic E-state index is -0.297. The van der Waals surface area contributed by atoms with Gasteiger partial charge in [0.15, 0.2) is 0 Å². The van der Waals surface area contributed by atoms with E-state index in [4.69, 9.17) is 4.42 Å². The van der Waals surface area contributed by atoms with Gasteiger partial charge in [0, 0.05) is 18.2 Å². The Kier molecular flexibility index (Phi) is 5.06. The molecule has 1 heterocycles. The van der Waals surface area contributed by atoms with Crippen LogP contribution in [0.5, 0.6) is 0 Å². The highest BCUT2D eigenvalue weighted by molar-refractivity contribution is 5.52. The first-order chi connectivity index (χ1) is 11.6. The Hall–Kier alpha value is -2.46. The monoisotopic (exact) mass is 324 g/mol. The molecule has 0 aliphatic carbocycles. The lowest BCUT2D eigenvalue weighted by Gasteiger charge is -2.22. The average molecular weight is 324 g/mol. The summed E-state index contributed by atoms with van der Waals surface area (Å²) in [5.41, 5.74) is 2.70. The van der Waals surface area contributed by atoms with Crippen molar-refractivity contribution in [1.29, 1.82) is 0 Å². The van der Waals surface area contributed by atoms with Gasteiger partial charge in [0.25, 0.3) is 0 Å². The highest BCUT2D eigenvalue weighted by atomic mass is 19.1. The standard InChI is InChI=1S/C20H21FN2O/c1-14(2)19(15-7-4-3-5-8-15)22-12-18-13-24-20(23-18)16-9-6-10-17(21)11-16/h3-11,13-14,19,22H,12H2,1-2H3. The van der Waals surface area contributed by atoms with Crippen molar-refractivity contribution in [2.75, 3.05) is 0 Å². The normalized spacial score (nSPS) is 12.5. The third-order valence-electron chi connectivity index (χ3n) is 3.95. The van der Waals surface area contributed by atoms with Gasteiger partial charge in [-0.15, -0.1) is 0 Å². The van der Waals surface area contributed by atoms with Crippen LogP contribution < -0.4 is 5.32 Å². The Balaban J connectivity index is 1.70. The molecule has 1 unspecified atom stereocenters. The molecular weight excluding hydrogens is 303 g/mol. The quantitative estimate of drug-likeness (QED) is 0.696. The van der Waals surface area contributed by atoms with E-state index in [-0.39, 0.29) is 11.9 Å². The summed E-state index contributed by atoms with van der Waals surface area (Å²) in [6.45, 7) is 4.97. The maximum absolute atomic E-state index is 13.3. The molecule has 0 radical (unpaired) electrons. The summed E-state index contributed by atoms with van der Waals surface area (Å²) in [5.74, 6) is 0.587. The summed E-state index contributed by atoms with van der Waals surface area (Å²) < 4.78 is 18.8. The molecule has 4 heteroatoms. The maximum Gasteiger partial charge on any atom is 0.226 e. The Morgan fingerprint density at radius 2 is 1.88 bits per heavy atom. The molecule has 0 bridgehead atoms. The summed E-state index contributed by atoms with van der Waals surface area (Å²) in [6.07, 6.45) is 1.62. The van der Waals surface area contributed by atoms with Gasteiger partial charge in [-0.1, -0.05) is 50.2 Å². The van der Waals surface area contributed by atoms with E-state index in [1.165, 1.54) is 17.7 Å². The molecule has 0 amide bonds. The van der Waals surface area contributed by atoms with Crippen LogP contribution in [0.3, 0.4) is 0 Å². The lowest BCUT2D eigenvalue weighted by Crippen LogP contribution is -2.25. The van der Waals surface area contributed by atoms with Crippen LogP contribution in [0.2, 0.25) is 0 Å². The van der Waals surface area contributed by atoms with Gasteiger partial charge in [-0.25, -0.2) is 9.37 Å². The first-order valence-corrected chi connectivity index (χ1v) is 8.12. The second-order valence-electron chi connectivity index (χ2n) is 6.17. The van der Waals surface area contributed by atoms with Gasteiger partial charge in [-0.05, 0) is 29.7 Å². The second-order valence-corrected chi connectivity index (χ2v) is 6.17. The van der Waals surface area contributed by atoms with Crippen LogP contribution in [-0.2, 0) is 6.54 Å². The van der Waals surface area contributed by atoms with E-state index in [1.807, 2.05) is 18.2 Å². The first-order valence-electron chi connectivity index (χ1n) is 8.12. The fourth-order valence-corrected chi connectivity index (χ4v) is 2.76. The Bertz CT molecular complexity index is 783. The van der Waals surface area contributed by atoms with Crippen LogP contribution in [0, 0.1) is 11.7 Å². The molecule has 1 N–H and O–H groups in total. The predicted molar refractivity (Wildman–Crippen MR) is 92.8 cm³/mol. The van der Waals surface area contributed by atoms with E-state index in [0.29, 0.717) is 23.9 Å². The molecule has 0 saturated carbocycles. The van der Waals surface area contributed by atoms with Crippen molar-refractivity contribution >= 4 is 0 Å². The van der Waals surface area contributed by atoms with Crippen LogP contribution in [0.4, 0.5) is 4.39 Å². The van der Waals surface area contributed by atoms with Crippen LogP contribution in [0.25, 0.3) is 11.5 Å². The van der Waals surface area contributed by atoms with Crippen molar-refractivity contribution in [3.8, 4) is 11.5 Å². The summed E-state index contributed by atoms with van der Waals surface area (Å²) in [4.78, 5) is 4.45. The van der Waals surface area contributed by atoms with Gasteiger partial charge >= 0.3 is 0 Å². The number of halogens is 1. The van der Waals surface area contributed by atoms with E-state index in [9.17, 15) is 4.39 Å². The van der Waals surface area contributed by atoms with Gasteiger partial charge in [0.05, 0.1) is 5.69 Å². The van der Waals surface area contributed by atoms with Crippen molar-refractivity contribution in [3.05, 3.63) is 77.9 Å². The van der Waals surface area contributed by atoms with Gasteiger partial charge in [-0.2, -0.15) is 0 Å². The largest absolute Gasteiger partial charge is 0.444 e. The van der Waals surface area contributed by atoms with Crippen molar-refractivity contribution < 1.29 is 8.81 Å². The highest BCUT2D eigenvalue weighted by Crippen LogP contribution is 2.23. The number of oxazole rings is 1. The summed E-state index contributed by atoms with van der Waals surface area (Å²) in [6, 6.07) is 16.9. The molecule has 0 aliphatic rings. The summed E-state index contributed by atoms with van der Waals surface area (Å²) in [5, 5.41) is 3.53. The van der Waals surface area contributed by atoms with E-state index in [0.717, 1.165) is 5.69 Å². The zero-order chi connectivity index (χ0) is 16.9. The minimum Gasteiger partial charge on any atom is -0.444 e. The van der Waals surface area contributed by atoms with E-state index >= 15 is 0 Å². The van der Waals surface area contributed by atoms with Crippen molar-refractivity contribution in [1.82, 2.24) is 10.3 Å². The smallest absolute Gasteiger partial charge is 0.226 e. The molecule has 3 aromatic rings. The van der Waals surface area contributed by atoms with Crippen molar-refractivity contribution in [2.45, 2.75) is 26.4 Å². The van der Waals surface area contributed by atoms with Gasteiger partial charge in [-0.3, -0.25) is 0 Å². The van der Waals surface area contributed by atoms with Gasteiger partial charge in [0.2, 0.25) is 5.89 Å². The van der Waals surface area contributed by atoms with E-state index in [2.05, 4.69) is 36.3 Å². The lowest BCUT2D eigenvalue weighted by molar-refractivity contribution is 0.408. The topological polar surface area (TPSA) is 38.1 Å². The molecule has 3 nitrogen and oxygen atoms in total. The number of rotatable bonds is 6. The average Bonchev–Trinajstić information content (AvgIpc) is 3.05. The Morgan fingerprint density at radius 1 is 1.08 bits per heavy atom. The third kappa shape index (κ3) is 3.89. The molecule has 2 aromatic carbocycles. The molecule has 1 aromatic heterocycles. The zero-order valence-corrected chi connectivity index (χ0v) is 13.9. The van der Waals surface area contributed by atoms with Crippen LogP contribution in [0.1, 0.15) is 31.1 Å². The zero-order valence-electron chi connectivity index (χ0n) is 13.9. The summed E-state index contributed by atoms with van der Waals surface area (Å²) >= 11 is 0. The maximum atomic E-state index is 13.3. The number of benzene rings is 2. The van der Waals surface area contributed by atoms with Crippen LogP contribution >= 0.6 is 0 Å². The third-order valence-corrected chi connectivity index (χ3v) is 3.95. The number of nitrogens with one attached hydrogen (secondary N) is 1. The molecule has 0 aliphatic heterocycles. The Labute approximate surface area is 141 Å². The molecule has 24 heavy (non-hydrogen) atoms. The number of hydrogen-bond donors (Lipinski definition) is 1. The highest BCUT2D eigenvalue weighted by Gasteiger charge is 2.16. The fraction of sp³-hybridized carbons (Fsp3) is 0.250. The fourth-order valence-electron chi connectivity index (χ4n) is 2.76. The minimum absolute atomic E-state index is 0.237.